The molecule has 2 atom stereocenters. The SMILES string of the molecule is CC(C)OCCC1CCCC1N. The van der Waals surface area contributed by atoms with Crippen molar-refractivity contribution in [2.24, 2.45) is 11.7 Å². The van der Waals surface area contributed by atoms with E-state index in [9.17, 15) is 0 Å². The van der Waals surface area contributed by atoms with Crippen molar-refractivity contribution < 1.29 is 4.74 Å². The number of hydrogen-bond donors (Lipinski definition) is 1. The van der Waals surface area contributed by atoms with Gasteiger partial charge in [0.15, 0.2) is 0 Å². The maximum absolute atomic E-state index is 5.94. The summed E-state index contributed by atoms with van der Waals surface area (Å²) in [6.07, 6.45) is 5.35. The van der Waals surface area contributed by atoms with Crippen LogP contribution in [0, 0.1) is 5.92 Å². The largest absolute Gasteiger partial charge is 0.379 e. The van der Waals surface area contributed by atoms with Crippen molar-refractivity contribution in [1.82, 2.24) is 0 Å². The van der Waals surface area contributed by atoms with E-state index in [-0.39, 0.29) is 0 Å². The third-order valence-electron chi connectivity index (χ3n) is 2.66. The Kier molecular flexibility index (Phi) is 4.02. The summed E-state index contributed by atoms with van der Waals surface area (Å²) in [6.45, 7) is 5.04. The van der Waals surface area contributed by atoms with E-state index < -0.39 is 0 Å². The van der Waals surface area contributed by atoms with Crippen LogP contribution in [0.3, 0.4) is 0 Å². The van der Waals surface area contributed by atoms with Crippen molar-refractivity contribution >= 4 is 0 Å². The van der Waals surface area contributed by atoms with Gasteiger partial charge in [-0.2, -0.15) is 0 Å². The van der Waals surface area contributed by atoms with Crippen LogP contribution in [-0.4, -0.2) is 18.8 Å². The van der Waals surface area contributed by atoms with Crippen LogP contribution < -0.4 is 5.73 Å². The number of ether oxygens (including phenoxy) is 1. The molecule has 1 fully saturated rings. The van der Waals surface area contributed by atoms with E-state index in [1.165, 1.54) is 19.3 Å². The molecular weight excluding hydrogens is 150 g/mol. The number of hydrogen-bond acceptors (Lipinski definition) is 2. The van der Waals surface area contributed by atoms with Gasteiger partial charge in [-0.15, -0.1) is 0 Å². The second-order valence-electron chi connectivity index (χ2n) is 4.06. The summed E-state index contributed by atoms with van der Waals surface area (Å²) in [4.78, 5) is 0. The van der Waals surface area contributed by atoms with Crippen molar-refractivity contribution in [2.75, 3.05) is 6.61 Å². The minimum absolute atomic E-state index is 0.364. The summed E-state index contributed by atoms with van der Waals surface area (Å²) < 4.78 is 5.50. The van der Waals surface area contributed by atoms with Crippen LogP contribution in [0.15, 0.2) is 0 Å². The lowest BCUT2D eigenvalue weighted by Gasteiger charge is -2.15. The Bertz CT molecular complexity index is 125. The highest BCUT2D eigenvalue weighted by molar-refractivity contribution is 4.79. The van der Waals surface area contributed by atoms with E-state index >= 15 is 0 Å². The van der Waals surface area contributed by atoms with Crippen LogP contribution >= 0.6 is 0 Å². The topological polar surface area (TPSA) is 35.2 Å². The molecule has 0 aliphatic heterocycles. The van der Waals surface area contributed by atoms with Crippen LogP contribution in [0.4, 0.5) is 0 Å². The molecule has 2 unspecified atom stereocenters. The van der Waals surface area contributed by atoms with E-state index in [0.29, 0.717) is 12.1 Å². The van der Waals surface area contributed by atoms with Crippen LogP contribution in [0.2, 0.25) is 0 Å². The standard InChI is InChI=1S/C10H21NO/c1-8(2)12-7-6-9-4-3-5-10(9)11/h8-10H,3-7,11H2,1-2H3. The zero-order chi connectivity index (χ0) is 8.97. The Labute approximate surface area is 75.5 Å². The van der Waals surface area contributed by atoms with Gasteiger partial charge in [-0.25, -0.2) is 0 Å². The first-order chi connectivity index (χ1) is 5.70. The lowest BCUT2D eigenvalue weighted by atomic mass is 10.0. The van der Waals surface area contributed by atoms with Gasteiger partial charge in [0.2, 0.25) is 0 Å². The molecule has 12 heavy (non-hydrogen) atoms. The lowest BCUT2D eigenvalue weighted by molar-refractivity contribution is 0.0676. The fourth-order valence-electron chi connectivity index (χ4n) is 1.88. The zero-order valence-electron chi connectivity index (χ0n) is 8.25. The molecule has 0 amide bonds. The van der Waals surface area contributed by atoms with Gasteiger partial charge in [0.05, 0.1) is 6.10 Å². The molecule has 0 aromatic heterocycles. The maximum atomic E-state index is 5.94. The predicted octanol–water partition coefficient (Wildman–Crippen LogP) is 1.93. The van der Waals surface area contributed by atoms with Crippen molar-refractivity contribution in [1.29, 1.82) is 0 Å². The van der Waals surface area contributed by atoms with Gasteiger partial charge in [0, 0.05) is 12.6 Å². The molecule has 1 rings (SSSR count). The Morgan fingerprint density at radius 1 is 1.42 bits per heavy atom. The van der Waals surface area contributed by atoms with E-state index in [1.807, 2.05) is 0 Å². The second kappa shape index (κ2) is 4.83. The molecule has 0 saturated heterocycles. The van der Waals surface area contributed by atoms with Gasteiger partial charge in [-0.05, 0) is 39.0 Å². The van der Waals surface area contributed by atoms with Gasteiger partial charge >= 0.3 is 0 Å². The number of nitrogens with two attached hydrogens (primary N) is 1. The Hall–Kier alpha value is -0.0800. The van der Waals surface area contributed by atoms with Gasteiger partial charge in [-0.3, -0.25) is 0 Å². The highest BCUT2D eigenvalue weighted by Crippen LogP contribution is 2.26. The first kappa shape index (κ1) is 10.0. The molecular formula is C10H21NO. The van der Waals surface area contributed by atoms with Gasteiger partial charge < -0.3 is 10.5 Å². The smallest absolute Gasteiger partial charge is 0.0518 e. The minimum Gasteiger partial charge on any atom is -0.379 e. The normalized spacial score (nSPS) is 30.0. The molecule has 0 bridgehead atoms. The summed E-state index contributed by atoms with van der Waals surface area (Å²) in [7, 11) is 0. The molecule has 2 N–H and O–H groups in total. The third kappa shape index (κ3) is 3.11. The first-order valence-corrected chi connectivity index (χ1v) is 5.07. The summed E-state index contributed by atoms with van der Waals surface area (Å²) in [6, 6.07) is 0.445. The van der Waals surface area contributed by atoms with Gasteiger partial charge in [0.25, 0.3) is 0 Å². The summed E-state index contributed by atoms with van der Waals surface area (Å²) in [5.41, 5.74) is 5.94. The van der Waals surface area contributed by atoms with E-state index in [0.717, 1.165) is 18.9 Å². The van der Waals surface area contributed by atoms with Crippen molar-refractivity contribution in [3.8, 4) is 0 Å². The summed E-state index contributed by atoms with van der Waals surface area (Å²) in [5.74, 6) is 0.726. The van der Waals surface area contributed by atoms with E-state index in [2.05, 4.69) is 13.8 Å². The fraction of sp³-hybridized carbons (Fsp3) is 1.00. The Morgan fingerprint density at radius 3 is 2.67 bits per heavy atom. The van der Waals surface area contributed by atoms with Crippen LogP contribution in [0.1, 0.15) is 39.5 Å². The minimum atomic E-state index is 0.364. The monoisotopic (exact) mass is 171 g/mol. The highest BCUT2D eigenvalue weighted by Gasteiger charge is 2.23. The van der Waals surface area contributed by atoms with Crippen LogP contribution in [0.25, 0.3) is 0 Å². The highest BCUT2D eigenvalue weighted by atomic mass is 16.5. The van der Waals surface area contributed by atoms with Gasteiger partial charge in [-0.1, -0.05) is 6.42 Å². The molecule has 1 aliphatic carbocycles. The maximum Gasteiger partial charge on any atom is 0.0518 e. The van der Waals surface area contributed by atoms with E-state index in [4.69, 9.17) is 10.5 Å². The first-order valence-electron chi connectivity index (χ1n) is 5.07. The third-order valence-corrected chi connectivity index (χ3v) is 2.66. The second-order valence-corrected chi connectivity index (χ2v) is 4.06. The molecule has 0 aromatic carbocycles. The molecule has 0 heterocycles. The van der Waals surface area contributed by atoms with Crippen molar-refractivity contribution in [2.45, 2.75) is 51.7 Å². The van der Waals surface area contributed by atoms with Crippen LogP contribution in [0.5, 0.6) is 0 Å². The zero-order valence-corrected chi connectivity index (χ0v) is 8.25. The van der Waals surface area contributed by atoms with Crippen molar-refractivity contribution in [3.63, 3.8) is 0 Å². The molecule has 72 valence electrons. The quantitative estimate of drug-likeness (QED) is 0.701. The number of rotatable bonds is 4. The molecule has 1 aliphatic rings. The average Bonchev–Trinajstić information content (AvgIpc) is 2.36. The molecule has 1 saturated carbocycles. The fourth-order valence-corrected chi connectivity index (χ4v) is 1.88. The molecule has 0 radical (unpaired) electrons. The van der Waals surface area contributed by atoms with Gasteiger partial charge in [0.1, 0.15) is 0 Å². The lowest BCUT2D eigenvalue weighted by Crippen LogP contribution is -2.25. The summed E-state index contributed by atoms with van der Waals surface area (Å²) >= 11 is 0. The molecule has 2 heteroatoms. The van der Waals surface area contributed by atoms with Crippen molar-refractivity contribution in [3.05, 3.63) is 0 Å². The molecule has 2 nitrogen and oxygen atoms in total. The summed E-state index contributed by atoms with van der Waals surface area (Å²) in [5, 5.41) is 0. The average molecular weight is 171 g/mol. The van der Waals surface area contributed by atoms with Crippen LogP contribution in [-0.2, 0) is 4.74 Å². The Morgan fingerprint density at radius 2 is 2.17 bits per heavy atom. The van der Waals surface area contributed by atoms with E-state index in [1.54, 1.807) is 0 Å². The Balaban J connectivity index is 2.06. The molecule has 0 aromatic rings. The molecule has 0 spiro atoms. The predicted molar refractivity (Wildman–Crippen MR) is 51.0 cm³/mol.